The van der Waals surface area contributed by atoms with Gasteiger partial charge in [-0.2, -0.15) is 0 Å². The average molecular weight is 1340 g/mol. The molecule has 34 nitrogen and oxygen atoms in total. The number of aromatic nitrogens is 3. The molecule has 4 heterocycles. The van der Waals surface area contributed by atoms with E-state index in [-0.39, 0.29) is 82.6 Å². The van der Waals surface area contributed by atoms with Crippen LogP contribution in [0.3, 0.4) is 0 Å². The zero-order valence-electron chi connectivity index (χ0n) is 41.4. The van der Waals surface area contributed by atoms with Crippen molar-refractivity contribution in [1.82, 2.24) is 46.9 Å². The predicted molar refractivity (Wildman–Crippen MR) is 262 cm³/mol. The third-order valence-corrected chi connectivity index (χ3v) is 11.2. The molecule has 36 heteroatoms. The van der Waals surface area contributed by atoms with Crippen LogP contribution in [-0.2, 0) is 39.3 Å². The number of fused-ring (bicyclic) bond motifs is 9. The van der Waals surface area contributed by atoms with Crippen molar-refractivity contribution >= 4 is 0 Å². The molecule has 3 aliphatic carbocycles. The number of hydrogen-bond acceptors (Lipinski definition) is 28. The first-order valence-corrected chi connectivity index (χ1v) is 22.7. The molecule has 0 aromatic carbocycles. The molecule has 0 amide bonds. The van der Waals surface area contributed by atoms with Crippen molar-refractivity contribution in [3.8, 4) is 0 Å². The molecule has 0 radical (unpaired) electrons. The van der Waals surface area contributed by atoms with Crippen LogP contribution in [0.5, 0.6) is 0 Å². The van der Waals surface area contributed by atoms with Gasteiger partial charge in [0.2, 0.25) is 0 Å². The molecular formula is C40H61N15O19Pr2. The molecule has 0 saturated heterocycles. The van der Waals surface area contributed by atoms with Crippen LogP contribution >= 0.6 is 0 Å². The molecule has 7 N–H and O–H groups in total. The van der Waals surface area contributed by atoms with Gasteiger partial charge in [0.1, 0.15) is 0 Å². The molecule has 76 heavy (non-hydrogen) atoms. The van der Waals surface area contributed by atoms with Gasteiger partial charge in [0, 0.05) is 82.6 Å². The van der Waals surface area contributed by atoms with Crippen LogP contribution in [0, 0.1) is 175 Å². The first-order valence-electron chi connectivity index (χ1n) is 22.7. The van der Waals surface area contributed by atoms with Crippen LogP contribution in [0.25, 0.3) is 0 Å². The quantitative estimate of drug-likeness (QED) is 0.126. The van der Waals surface area contributed by atoms with Crippen molar-refractivity contribution < 1.29 is 118 Å². The minimum absolute atomic E-state index is 0. The summed E-state index contributed by atoms with van der Waals surface area (Å²) in [6.45, 7) is 4.79. The van der Waals surface area contributed by atoms with E-state index in [2.05, 4.69) is 86.5 Å². The molecule has 3 fully saturated rings. The van der Waals surface area contributed by atoms with Crippen LogP contribution in [0.4, 0.5) is 0 Å². The van der Waals surface area contributed by atoms with Gasteiger partial charge in [0.05, 0.1) is 64.7 Å². The zero-order chi connectivity index (χ0) is 55.8. The van der Waals surface area contributed by atoms with Crippen LogP contribution in [0.15, 0.2) is 54.6 Å². The fourth-order valence-corrected chi connectivity index (χ4v) is 8.45. The van der Waals surface area contributed by atoms with Crippen molar-refractivity contribution in [2.45, 2.75) is 153 Å². The Kier molecular flexibility index (Phi) is 45.8. The summed E-state index contributed by atoms with van der Waals surface area (Å²) in [7, 11) is 1.00. The predicted octanol–water partition coefficient (Wildman–Crippen LogP) is 2.93. The molecule has 1 aliphatic heterocycles. The summed E-state index contributed by atoms with van der Waals surface area (Å²) in [5.74, 6) is 0. The summed E-state index contributed by atoms with van der Waals surface area (Å²) < 4.78 is 0. The molecular weight excluding hydrogens is 1280 g/mol. The maximum absolute atomic E-state index is 8.25. The molecule has 4 aliphatic rings. The van der Waals surface area contributed by atoms with Gasteiger partial charge in [0.25, 0.3) is 0 Å². The summed E-state index contributed by atoms with van der Waals surface area (Å²) in [6, 6.07) is 22.1. The van der Waals surface area contributed by atoms with Crippen molar-refractivity contribution in [2.24, 2.45) is 0 Å². The Morgan fingerprint density at radius 3 is 0.566 bits per heavy atom. The number of hydrogen-bond donors (Lipinski definition) is 7. The Morgan fingerprint density at radius 1 is 0.329 bits per heavy atom. The average Bonchev–Trinajstić information content (AvgIpc) is 3.33. The fourth-order valence-electron chi connectivity index (χ4n) is 8.45. The SMILES string of the molecule is CO.O=[N+]([O-])[O-].O=[N+]([O-])[O-].O=[N+]([O-])[O-].O=[N+]([O-])[O-].O=[N+]([O-])[O-].O=[N+]([O-])[O-].[Pr+3].[Pr+3].c1cc2nc(c1)CN[C@@H]1CCCC[C@H]1NCc1cccc(n1)CN[C@@H]1CCCC[C@H]1NCc1cccc(n1)CN[C@H]1CCCC[C@@H]1NC2. The van der Waals surface area contributed by atoms with Crippen LogP contribution in [0.1, 0.15) is 111 Å². The van der Waals surface area contributed by atoms with Gasteiger partial charge in [-0.05, 0) is 74.9 Å². The molecule has 416 valence electrons. The monoisotopic (exact) mass is 1340 g/mol. The first kappa shape index (κ1) is 75.3. The second-order valence-electron chi connectivity index (χ2n) is 16.0. The normalized spacial score (nSPS) is 20.8. The zero-order valence-corrected chi connectivity index (χ0v) is 48.8. The smallest absolute Gasteiger partial charge is 0.400 e. The first-order chi connectivity index (χ1) is 35.1. The van der Waals surface area contributed by atoms with E-state index in [0.29, 0.717) is 36.3 Å². The van der Waals surface area contributed by atoms with E-state index >= 15 is 0 Å². The third kappa shape index (κ3) is 41.3. The van der Waals surface area contributed by atoms with Crippen molar-refractivity contribution in [3.63, 3.8) is 0 Å². The van der Waals surface area contributed by atoms with Crippen molar-refractivity contribution in [2.75, 3.05) is 7.11 Å². The Balaban J connectivity index is -0.00000160. The van der Waals surface area contributed by atoms with E-state index in [0.717, 1.165) is 80.5 Å². The maximum atomic E-state index is 8.25. The molecule has 3 saturated carbocycles. The van der Waals surface area contributed by atoms with Crippen LogP contribution in [-0.4, -0.2) is 93.9 Å². The van der Waals surface area contributed by atoms with E-state index in [1.54, 1.807) is 0 Å². The van der Waals surface area contributed by atoms with E-state index < -0.39 is 30.5 Å². The van der Waals surface area contributed by atoms with Gasteiger partial charge in [-0.3, -0.25) is 15.0 Å². The standard InChI is InChI=1S/C39H57N9.CH4O.6NO3.2Pr/c1-2-17-35-34(16-1)40-22-28-10-7-12-30(46-28)24-42-36-18-3-4-19-37(36)44-26-32-14-9-15-33(48-32)27-45-39-21-6-5-20-38(39)43-25-31-13-8-11-29(47-31)23-41-35;1-2;6*2-1(3)4;;/h7-15,34-45H,1-6,16-27H2;2H,1H3;;;;;;;;/q;;6*-1;2*+3/t34-,35-,36-,37-,38+,39+;;;;;;;;;/m1........./s1. The van der Waals surface area contributed by atoms with E-state index in [1.807, 2.05) is 0 Å². The minimum Gasteiger partial charge on any atom is -0.400 e. The van der Waals surface area contributed by atoms with Gasteiger partial charge in [-0.1, -0.05) is 56.7 Å². The summed E-state index contributed by atoms with van der Waals surface area (Å²) in [5.41, 5.74) is 6.73. The number of pyridine rings is 3. The van der Waals surface area contributed by atoms with Gasteiger partial charge < -0.3 is 129 Å². The molecule has 0 spiro atoms. The molecule has 6 bridgehead atoms. The fraction of sp³-hybridized carbons (Fsp3) is 0.625. The van der Waals surface area contributed by atoms with Crippen LogP contribution < -0.4 is 31.9 Å². The number of aliphatic hydroxyl groups excluding tert-OH is 1. The van der Waals surface area contributed by atoms with Crippen molar-refractivity contribution in [3.05, 3.63) is 181 Å². The van der Waals surface area contributed by atoms with Gasteiger partial charge in [-0.15, -0.1) is 0 Å². The second-order valence-corrected chi connectivity index (χ2v) is 16.0. The number of aliphatic hydroxyl groups is 1. The number of rotatable bonds is 0. The van der Waals surface area contributed by atoms with Gasteiger partial charge in [0.15, 0.2) is 0 Å². The second kappa shape index (κ2) is 46.2. The van der Waals surface area contributed by atoms with E-state index in [9.17, 15) is 0 Å². The molecule has 3 aromatic heterocycles. The molecule has 3 aromatic rings. The van der Waals surface area contributed by atoms with E-state index in [1.165, 1.54) is 77.0 Å². The largest absolute Gasteiger partial charge is 3.00 e. The van der Waals surface area contributed by atoms with E-state index in [4.69, 9.17) is 112 Å². The van der Waals surface area contributed by atoms with Gasteiger partial charge in [-0.25, -0.2) is 0 Å². The van der Waals surface area contributed by atoms with Gasteiger partial charge >= 0.3 is 82.6 Å². The Hall–Kier alpha value is -4.90. The minimum atomic E-state index is -1.75. The molecule has 6 atom stereocenters. The topological polar surface area (TPSA) is 528 Å². The Labute approximate surface area is 501 Å². The van der Waals surface area contributed by atoms with Crippen molar-refractivity contribution in [1.29, 1.82) is 0 Å². The third-order valence-electron chi connectivity index (χ3n) is 11.2. The summed E-state index contributed by atoms with van der Waals surface area (Å²) in [4.78, 5) is 64.7. The Morgan fingerprint density at radius 2 is 0.447 bits per heavy atom. The number of nitrogens with one attached hydrogen (secondary N) is 6. The molecule has 0 unspecified atom stereocenters. The molecule has 7 rings (SSSR count). The summed E-state index contributed by atoms with van der Waals surface area (Å²) in [5, 5.41) is 119. The van der Waals surface area contributed by atoms with Crippen LogP contribution in [0.2, 0.25) is 0 Å². The Bertz CT molecular complexity index is 1720. The maximum Gasteiger partial charge on any atom is 3.00 e. The summed E-state index contributed by atoms with van der Waals surface area (Å²) >= 11 is 0. The summed E-state index contributed by atoms with van der Waals surface area (Å²) in [6.07, 6.45) is 14.9. The number of nitrogens with zero attached hydrogens (tertiary/aromatic N) is 9.